The minimum atomic E-state index is -0.108. The van der Waals surface area contributed by atoms with Crippen molar-refractivity contribution in [2.24, 2.45) is 7.05 Å². The molecule has 0 saturated heterocycles. The number of rotatable bonds is 2. The molecule has 0 radical (unpaired) electrons. The summed E-state index contributed by atoms with van der Waals surface area (Å²) >= 11 is 3.44. The predicted molar refractivity (Wildman–Crippen MR) is 84.8 cm³/mol. The molecule has 0 aliphatic carbocycles. The van der Waals surface area contributed by atoms with Gasteiger partial charge in [0.15, 0.2) is 5.76 Å². The molecule has 0 fully saturated rings. The lowest BCUT2D eigenvalue weighted by atomic mass is 10.0. The monoisotopic (exact) mass is 346 g/mol. The largest absolute Gasteiger partial charge is 0.452 e. The average molecular weight is 347 g/mol. The van der Waals surface area contributed by atoms with Gasteiger partial charge in [-0.1, -0.05) is 15.9 Å². The number of hydrogen-bond acceptors (Lipinski definition) is 3. The molecule has 2 heterocycles. The maximum atomic E-state index is 12.8. The Morgan fingerprint density at radius 2 is 2.00 bits per heavy atom. The van der Waals surface area contributed by atoms with E-state index < -0.39 is 0 Å². The minimum absolute atomic E-state index is 0.108. The number of ketones is 1. The van der Waals surface area contributed by atoms with Crippen molar-refractivity contribution >= 4 is 32.7 Å². The first-order valence-electron chi connectivity index (χ1n) is 6.63. The Balaban J connectivity index is 2.20. The van der Waals surface area contributed by atoms with Gasteiger partial charge in [-0.25, -0.2) is 0 Å². The molecule has 0 atom stereocenters. The molecule has 5 heteroatoms. The zero-order chi connectivity index (χ0) is 15.3. The minimum Gasteiger partial charge on any atom is -0.452 e. The normalized spacial score (nSPS) is 11.3. The Kier molecular flexibility index (Phi) is 3.24. The van der Waals surface area contributed by atoms with Gasteiger partial charge >= 0.3 is 0 Å². The summed E-state index contributed by atoms with van der Waals surface area (Å²) < 4.78 is 8.47. The highest BCUT2D eigenvalue weighted by Crippen LogP contribution is 2.30. The molecule has 0 spiro atoms. The number of benzene rings is 1. The summed E-state index contributed by atoms with van der Waals surface area (Å²) in [4.78, 5) is 12.8. The van der Waals surface area contributed by atoms with Gasteiger partial charge in [0, 0.05) is 28.2 Å². The van der Waals surface area contributed by atoms with Crippen LogP contribution in [0.1, 0.15) is 33.1 Å². The molecule has 4 nitrogen and oxygen atoms in total. The summed E-state index contributed by atoms with van der Waals surface area (Å²) in [6.45, 7) is 5.64. The molecule has 1 aromatic carbocycles. The summed E-state index contributed by atoms with van der Waals surface area (Å²) in [6, 6.07) is 5.74. The first-order chi connectivity index (χ1) is 9.90. The number of furan rings is 1. The second kappa shape index (κ2) is 4.84. The van der Waals surface area contributed by atoms with Crippen LogP contribution in [0.3, 0.4) is 0 Å². The Morgan fingerprint density at radius 1 is 1.29 bits per heavy atom. The van der Waals surface area contributed by atoms with Gasteiger partial charge in [0.25, 0.3) is 0 Å². The van der Waals surface area contributed by atoms with Crippen molar-refractivity contribution in [2.75, 3.05) is 0 Å². The van der Waals surface area contributed by atoms with Gasteiger partial charge in [-0.2, -0.15) is 5.10 Å². The molecule has 0 aliphatic heterocycles. The summed E-state index contributed by atoms with van der Waals surface area (Å²) in [5.41, 5.74) is 3.77. The van der Waals surface area contributed by atoms with Crippen LogP contribution < -0.4 is 0 Å². The Morgan fingerprint density at radius 3 is 2.62 bits per heavy atom. The molecule has 0 saturated carbocycles. The third kappa shape index (κ3) is 2.12. The lowest BCUT2D eigenvalue weighted by Gasteiger charge is -2.00. The number of carbonyl (C=O) groups excluding carboxylic acids is 1. The van der Waals surface area contributed by atoms with E-state index in [1.54, 1.807) is 4.68 Å². The molecule has 21 heavy (non-hydrogen) atoms. The molecule has 0 amide bonds. The van der Waals surface area contributed by atoms with Crippen LogP contribution in [0.5, 0.6) is 0 Å². The van der Waals surface area contributed by atoms with E-state index in [4.69, 9.17) is 4.42 Å². The fourth-order valence-electron chi connectivity index (χ4n) is 2.63. The van der Waals surface area contributed by atoms with Crippen LogP contribution in [0.4, 0.5) is 0 Å². The highest BCUT2D eigenvalue weighted by molar-refractivity contribution is 9.10. The molecule has 3 aromatic rings. The zero-order valence-corrected chi connectivity index (χ0v) is 13.9. The van der Waals surface area contributed by atoms with E-state index in [2.05, 4.69) is 21.0 Å². The number of halogens is 1. The van der Waals surface area contributed by atoms with Crippen molar-refractivity contribution in [3.05, 3.63) is 50.9 Å². The molecule has 0 N–H and O–H groups in total. The van der Waals surface area contributed by atoms with Crippen LogP contribution in [0.15, 0.2) is 27.1 Å². The van der Waals surface area contributed by atoms with E-state index in [-0.39, 0.29) is 5.78 Å². The lowest BCUT2D eigenvalue weighted by Crippen LogP contribution is -2.05. The topological polar surface area (TPSA) is 48.0 Å². The quantitative estimate of drug-likeness (QED) is 0.656. The van der Waals surface area contributed by atoms with Gasteiger partial charge in [-0.3, -0.25) is 9.48 Å². The van der Waals surface area contributed by atoms with Crippen LogP contribution in [-0.2, 0) is 7.05 Å². The SMILES string of the molecule is Cc1nn(C)c(C)c1C(=O)c1oc2ccc(Br)cc2c1C. The highest BCUT2D eigenvalue weighted by atomic mass is 79.9. The molecule has 2 aromatic heterocycles. The second-order valence-corrected chi connectivity index (χ2v) is 6.11. The summed E-state index contributed by atoms with van der Waals surface area (Å²) in [5, 5.41) is 5.25. The third-order valence-electron chi connectivity index (χ3n) is 3.84. The lowest BCUT2D eigenvalue weighted by molar-refractivity contribution is 0.101. The number of aromatic nitrogens is 2. The highest BCUT2D eigenvalue weighted by Gasteiger charge is 2.24. The Hall–Kier alpha value is -1.88. The van der Waals surface area contributed by atoms with Crippen molar-refractivity contribution in [3.63, 3.8) is 0 Å². The predicted octanol–water partition coefficient (Wildman–Crippen LogP) is 4.09. The summed E-state index contributed by atoms with van der Waals surface area (Å²) in [5.74, 6) is 0.283. The molecule has 3 rings (SSSR count). The molecular formula is C16H15BrN2O2. The van der Waals surface area contributed by atoms with E-state index in [0.717, 1.165) is 32.4 Å². The number of fused-ring (bicyclic) bond motifs is 1. The average Bonchev–Trinajstić information content (AvgIpc) is 2.88. The summed E-state index contributed by atoms with van der Waals surface area (Å²) in [6.07, 6.45) is 0. The Labute approximate surface area is 130 Å². The van der Waals surface area contributed by atoms with Crippen molar-refractivity contribution in [1.82, 2.24) is 9.78 Å². The van der Waals surface area contributed by atoms with E-state index in [1.165, 1.54) is 0 Å². The fourth-order valence-corrected chi connectivity index (χ4v) is 2.99. The van der Waals surface area contributed by atoms with Crippen molar-refractivity contribution in [3.8, 4) is 0 Å². The molecule has 108 valence electrons. The first-order valence-corrected chi connectivity index (χ1v) is 7.43. The van der Waals surface area contributed by atoms with Gasteiger partial charge in [0.1, 0.15) is 5.58 Å². The van der Waals surface area contributed by atoms with E-state index >= 15 is 0 Å². The molecule has 0 unspecified atom stereocenters. The zero-order valence-electron chi connectivity index (χ0n) is 12.3. The van der Waals surface area contributed by atoms with Gasteiger partial charge in [-0.15, -0.1) is 0 Å². The van der Waals surface area contributed by atoms with E-state index in [0.29, 0.717) is 11.3 Å². The van der Waals surface area contributed by atoms with Crippen LogP contribution in [0, 0.1) is 20.8 Å². The maximum absolute atomic E-state index is 12.8. The van der Waals surface area contributed by atoms with Crippen molar-refractivity contribution in [1.29, 1.82) is 0 Å². The Bertz CT molecular complexity index is 874. The van der Waals surface area contributed by atoms with Gasteiger partial charge in [0.05, 0.1) is 11.3 Å². The van der Waals surface area contributed by atoms with E-state index in [1.807, 2.05) is 46.0 Å². The number of aryl methyl sites for hydroxylation is 3. The van der Waals surface area contributed by atoms with Crippen molar-refractivity contribution < 1.29 is 9.21 Å². The van der Waals surface area contributed by atoms with Crippen LogP contribution in [-0.4, -0.2) is 15.6 Å². The number of hydrogen-bond donors (Lipinski definition) is 0. The third-order valence-corrected chi connectivity index (χ3v) is 4.33. The standard InChI is InChI=1S/C16H15BrN2O2/c1-8-12-7-11(17)5-6-13(12)21-16(8)15(20)14-9(2)18-19(4)10(14)3/h5-7H,1-4H3. The van der Waals surface area contributed by atoms with Gasteiger partial charge in [-0.05, 0) is 39.0 Å². The molecular weight excluding hydrogens is 332 g/mol. The number of carbonyl (C=O) groups is 1. The van der Waals surface area contributed by atoms with Crippen LogP contribution in [0.25, 0.3) is 11.0 Å². The van der Waals surface area contributed by atoms with Crippen LogP contribution in [0.2, 0.25) is 0 Å². The number of nitrogens with zero attached hydrogens (tertiary/aromatic N) is 2. The fraction of sp³-hybridized carbons (Fsp3) is 0.250. The molecule has 0 aliphatic rings. The van der Waals surface area contributed by atoms with Crippen molar-refractivity contribution in [2.45, 2.75) is 20.8 Å². The van der Waals surface area contributed by atoms with Gasteiger partial charge in [0.2, 0.25) is 5.78 Å². The van der Waals surface area contributed by atoms with E-state index in [9.17, 15) is 4.79 Å². The summed E-state index contributed by atoms with van der Waals surface area (Å²) in [7, 11) is 1.84. The van der Waals surface area contributed by atoms with Crippen LogP contribution >= 0.6 is 15.9 Å². The second-order valence-electron chi connectivity index (χ2n) is 5.20. The maximum Gasteiger partial charge on any atom is 0.232 e. The molecule has 0 bridgehead atoms. The smallest absolute Gasteiger partial charge is 0.232 e. The first kappa shape index (κ1) is 14.1. The van der Waals surface area contributed by atoms with Gasteiger partial charge < -0.3 is 4.42 Å².